The number of benzene rings is 1. The number of anilines is 1. The summed E-state index contributed by atoms with van der Waals surface area (Å²) in [5.41, 5.74) is 8.30. The first-order chi connectivity index (χ1) is 8.19. The van der Waals surface area contributed by atoms with Crippen molar-refractivity contribution in [3.05, 3.63) is 47.3 Å². The Kier molecular flexibility index (Phi) is 3.20. The molecule has 0 amide bonds. The normalized spacial score (nSPS) is 11.2. The Labute approximate surface area is 99.2 Å². The van der Waals surface area contributed by atoms with Gasteiger partial charge in [-0.25, -0.2) is 9.66 Å². The van der Waals surface area contributed by atoms with Gasteiger partial charge in [-0.05, 0) is 18.1 Å². The molecule has 0 aliphatic heterocycles. The number of nitrogen functional groups attached to an aromatic ring is 1. The number of aromatic nitrogens is 2. The number of hydrogen-bond donors (Lipinski definition) is 2. The van der Waals surface area contributed by atoms with Crippen LogP contribution in [0.5, 0.6) is 0 Å². The van der Waals surface area contributed by atoms with Gasteiger partial charge >= 0.3 is 0 Å². The number of hydrogen-bond acceptors (Lipinski definition) is 4. The van der Waals surface area contributed by atoms with Gasteiger partial charge in [-0.3, -0.25) is 0 Å². The second-order valence-corrected chi connectivity index (χ2v) is 3.73. The van der Waals surface area contributed by atoms with E-state index in [2.05, 4.69) is 10.1 Å². The molecule has 0 aliphatic rings. The van der Waals surface area contributed by atoms with E-state index in [1.54, 1.807) is 12.4 Å². The molecule has 0 atom stereocenters. The Morgan fingerprint density at radius 3 is 2.65 bits per heavy atom. The fourth-order valence-corrected chi connectivity index (χ4v) is 1.43. The smallest absolute Gasteiger partial charge is 0.221 e. The lowest BCUT2D eigenvalue weighted by molar-refractivity contribution is 0.282. The van der Waals surface area contributed by atoms with Gasteiger partial charge in [-0.2, -0.15) is 5.10 Å². The molecule has 88 valence electrons. The molecule has 0 radical (unpaired) electrons. The molecule has 0 fully saturated rings. The van der Waals surface area contributed by atoms with E-state index < -0.39 is 0 Å². The van der Waals surface area contributed by atoms with Gasteiger partial charge in [0.15, 0.2) is 0 Å². The quantitative estimate of drug-likeness (QED) is 0.776. The number of imidazole rings is 1. The highest BCUT2D eigenvalue weighted by Gasteiger charge is 1.98. The van der Waals surface area contributed by atoms with Crippen LogP contribution in [0.1, 0.15) is 16.8 Å². The van der Waals surface area contributed by atoms with Crippen LogP contribution in [0.15, 0.2) is 35.6 Å². The van der Waals surface area contributed by atoms with E-state index in [0.29, 0.717) is 5.95 Å². The van der Waals surface area contributed by atoms with Gasteiger partial charge in [0, 0.05) is 0 Å². The summed E-state index contributed by atoms with van der Waals surface area (Å²) in [4.78, 5) is 4.04. The van der Waals surface area contributed by atoms with Crippen molar-refractivity contribution < 1.29 is 5.11 Å². The monoisotopic (exact) mass is 230 g/mol. The fraction of sp³-hybridized carbons (Fsp3) is 0.167. The third-order valence-corrected chi connectivity index (χ3v) is 2.33. The van der Waals surface area contributed by atoms with E-state index in [0.717, 1.165) is 16.8 Å². The molecule has 3 N–H and O–H groups in total. The van der Waals surface area contributed by atoms with Crippen molar-refractivity contribution in [3.63, 3.8) is 0 Å². The summed E-state index contributed by atoms with van der Waals surface area (Å²) < 4.78 is 1.52. The molecule has 2 aromatic rings. The molecule has 0 spiro atoms. The second kappa shape index (κ2) is 4.80. The summed E-state index contributed by atoms with van der Waals surface area (Å²) >= 11 is 0. The zero-order valence-corrected chi connectivity index (χ0v) is 9.54. The SMILES string of the molecule is Cc1cn(N=Cc2ccc(CO)cc2)c(N)n1. The van der Waals surface area contributed by atoms with Crippen molar-refractivity contribution >= 4 is 12.2 Å². The maximum atomic E-state index is 8.91. The lowest BCUT2D eigenvalue weighted by atomic mass is 10.2. The summed E-state index contributed by atoms with van der Waals surface area (Å²) in [5.74, 6) is 0.366. The Bertz CT molecular complexity index is 528. The summed E-state index contributed by atoms with van der Waals surface area (Å²) in [6, 6.07) is 7.47. The molecule has 0 saturated heterocycles. The zero-order valence-electron chi connectivity index (χ0n) is 9.54. The molecule has 0 saturated carbocycles. The van der Waals surface area contributed by atoms with Crippen molar-refractivity contribution in [1.29, 1.82) is 0 Å². The first kappa shape index (κ1) is 11.3. The Morgan fingerprint density at radius 1 is 1.41 bits per heavy atom. The molecular formula is C12H14N4O. The van der Waals surface area contributed by atoms with Crippen LogP contribution in [0.4, 0.5) is 5.95 Å². The highest BCUT2D eigenvalue weighted by molar-refractivity contribution is 5.79. The van der Waals surface area contributed by atoms with Crippen LogP contribution < -0.4 is 5.73 Å². The number of aliphatic hydroxyl groups excluding tert-OH is 1. The zero-order chi connectivity index (χ0) is 12.3. The Balaban J connectivity index is 2.17. The minimum atomic E-state index is 0.0467. The fourth-order valence-electron chi connectivity index (χ4n) is 1.43. The van der Waals surface area contributed by atoms with Gasteiger partial charge in [0.1, 0.15) is 0 Å². The van der Waals surface area contributed by atoms with Gasteiger partial charge in [-0.15, -0.1) is 0 Å². The van der Waals surface area contributed by atoms with Crippen LogP contribution in [0.25, 0.3) is 0 Å². The van der Waals surface area contributed by atoms with E-state index in [1.165, 1.54) is 4.68 Å². The summed E-state index contributed by atoms with van der Waals surface area (Å²) in [5, 5.41) is 13.1. The average Bonchev–Trinajstić information content (AvgIpc) is 2.66. The molecule has 5 heteroatoms. The first-order valence-corrected chi connectivity index (χ1v) is 5.24. The van der Waals surface area contributed by atoms with Crippen LogP contribution in [0.2, 0.25) is 0 Å². The van der Waals surface area contributed by atoms with Crippen molar-refractivity contribution in [2.45, 2.75) is 13.5 Å². The number of rotatable bonds is 3. The molecule has 1 aromatic heterocycles. The molecule has 1 aromatic carbocycles. The van der Waals surface area contributed by atoms with E-state index >= 15 is 0 Å². The van der Waals surface area contributed by atoms with E-state index in [4.69, 9.17) is 10.8 Å². The lowest BCUT2D eigenvalue weighted by Crippen LogP contribution is -1.97. The lowest BCUT2D eigenvalue weighted by Gasteiger charge is -1.97. The topological polar surface area (TPSA) is 76.4 Å². The van der Waals surface area contributed by atoms with Gasteiger partial charge in [0.05, 0.1) is 24.7 Å². The predicted octanol–water partition coefficient (Wildman–Crippen LogP) is 1.15. The summed E-state index contributed by atoms with van der Waals surface area (Å²) in [6.07, 6.45) is 3.45. The molecule has 0 bridgehead atoms. The van der Waals surface area contributed by atoms with Crippen LogP contribution in [-0.4, -0.2) is 21.0 Å². The molecule has 5 nitrogen and oxygen atoms in total. The summed E-state index contributed by atoms with van der Waals surface area (Å²) in [6.45, 7) is 1.91. The molecule has 2 rings (SSSR count). The molecular weight excluding hydrogens is 216 g/mol. The maximum absolute atomic E-state index is 8.91. The number of aliphatic hydroxyl groups is 1. The van der Waals surface area contributed by atoms with Crippen molar-refractivity contribution in [2.24, 2.45) is 5.10 Å². The average molecular weight is 230 g/mol. The second-order valence-electron chi connectivity index (χ2n) is 3.73. The molecule has 0 aliphatic carbocycles. The van der Waals surface area contributed by atoms with E-state index in [9.17, 15) is 0 Å². The van der Waals surface area contributed by atoms with Crippen LogP contribution in [-0.2, 0) is 6.61 Å². The van der Waals surface area contributed by atoms with Crippen LogP contribution >= 0.6 is 0 Å². The number of aryl methyl sites for hydroxylation is 1. The van der Waals surface area contributed by atoms with Gasteiger partial charge in [-0.1, -0.05) is 24.3 Å². The third-order valence-electron chi connectivity index (χ3n) is 2.33. The first-order valence-electron chi connectivity index (χ1n) is 5.24. The van der Waals surface area contributed by atoms with Gasteiger partial charge < -0.3 is 10.8 Å². The predicted molar refractivity (Wildman–Crippen MR) is 66.7 cm³/mol. The minimum Gasteiger partial charge on any atom is -0.392 e. The van der Waals surface area contributed by atoms with Gasteiger partial charge in [0.25, 0.3) is 0 Å². The third kappa shape index (κ3) is 2.70. The maximum Gasteiger partial charge on any atom is 0.221 e. The van der Waals surface area contributed by atoms with E-state index in [1.807, 2.05) is 31.2 Å². The highest BCUT2D eigenvalue weighted by atomic mass is 16.3. The Hall–Kier alpha value is -2.14. The van der Waals surface area contributed by atoms with Crippen molar-refractivity contribution in [2.75, 3.05) is 5.73 Å². The minimum absolute atomic E-state index is 0.0467. The van der Waals surface area contributed by atoms with Gasteiger partial charge in [0.2, 0.25) is 5.95 Å². The number of nitrogens with zero attached hydrogens (tertiary/aromatic N) is 3. The van der Waals surface area contributed by atoms with E-state index in [-0.39, 0.29) is 6.61 Å². The number of nitrogens with two attached hydrogens (primary N) is 1. The van der Waals surface area contributed by atoms with Crippen LogP contribution in [0, 0.1) is 6.92 Å². The molecule has 17 heavy (non-hydrogen) atoms. The Morgan fingerprint density at radius 2 is 2.12 bits per heavy atom. The van der Waals surface area contributed by atoms with Crippen LogP contribution in [0.3, 0.4) is 0 Å². The van der Waals surface area contributed by atoms with Crippen molar-refractivity contribution in [3.8, 4) is 0 Å². The van der Waals surface area contributed by atoms with Crippen molar-refractivity contribution in [1.82, 2.24) is 9.66 Å². The molecule has 1 heterocycles. The standard InChI is InChI=1S/C12H14N4O/c1-9-7-16(12(13)15-9)14-6-10-2-4-11(8-17)5-3-10/h2-7,17H,8H2,1H3,(H2,13,15). The largest absolute Gasteiger partial charge is 0.392 e. The molecule has 0 unspecified atom stereocenters. The summed E-state index contributed by atoms with van der Waals surface area (Å²) in [7, 11) is 0. The highest BCUT2D eigenvalue weighted by Crippen LogP contribution is 2.05.